The Morgan fingerprint density at radius 3 is 2.30 bits per heavy atom. The monoisotopic (exact) mass is 513 g/mol. The van der Waals surface area contributed by atoms with Crippen LogP contribution in [0.25, 0.3) is 5.69 Å². The minimum Gasteiger partial charge on any atom is -0.406 e. The molecular weight excluding hydrogens is 495 g/mol. The number of halogens is 3. The molecule has 13 heteroatoms. The summed E-state index contributed by atoms with van der Waals surface area (Å²) in [5.74, 6) is -0.403. The van der Waals surface area contributed by atoms with Crippen LogP contribution in [0.1, 0.15) is 5.56 Å². The van der Waals surface area contributed by atoms with Gasteiger partial charge in [0.05, 0.1) is 10.6 Å². The van der Waals surface area contributed by atoms with Crippen LogP contribution < -0.4 is 14.4 Å². The van der Waals surface area contributed by atoms with Crippen LogP contribution in [0.4, 0.5) is 29.3 Å². The number of alkyl halides is 3. The number of nitro groups is 1. The molecule has 1 amide bonds. The van der Waals surface area contributed by atoms with E-state index in [0.717, 1.165) is 17.7 Å². The van der Waals surface area contributed by atoms with E-state index in [-0.39, 0.29) is 18.2 Å². The Morgan fingerprint density at radius 1 is 1.00 bits per heavy atom. The van der Waals surface area contributed by atoms with E-state index in [4.69, 9.17) is 4.74 Å². The zero-order chi connectivity index (χ0) is 26.4. The van der Waals surface area contributed by atoms with Gasteiger partial charge in [-0.3, -0.25) is 15.0 Å². The van der Waals surface area contributed by atoms with E-state index < -0.39 is 23.1 Å². The second-order valence-corrected chi connectivity index (χ2v) is 7.54. The van der Waals surface area contributed by atoms with E-state index in [1.165, 1.54) is 52.3 Å². The standard InChI is InChI=1S/C24H18F3N5O5/c25-24(26,27)37-21-12-10-19(11-13-21)31-16-28-22(29-31)36-23(33)30(15-14-17-4-2-1-3-5-17)18-6-8-20(9-7-18)32(34)35/h1-13,16H,14-15H2. The minimum atomic E-state index is -4.81. The van der Waals surface area contributed by atoms with Gasteiger partial charge in [-0.15, -0.1) is 18.3 Å². The first kappa shape index (κ1) is 25.2. The van der Waals surface area contributed by atoms with Gasteiger partial charge in [0.1, 0.15) is 12.1 Å². The predicted octanol–water partition coefficient (Wildman–Crippen LogP) is 5.32. The fraction of sp³-hybridized carbons (Fsp3) is 0.125. The van der Waals surface area contributed by atoms with Crippen molar-refractivity contribution in [1.29, 1.82) is 0 Å². The molecule has 1 heterocycles. The summed E-state index contributed by atoms with van der Waals surface area (Å²) in [5, 5.41) is 15.0. The number of hydrogen-bond donors (Lipinski definition) is 0. The molecule has 0 bridgehead atoms. The third-order valence-electron chi connectivity index (χ3n) is 5.04. The lowest BCUT2D eigenvalue weighted by Gasteiger charge is -2.21. The number of carbonyl (C=O) groups is 1. The second kappa shape index (κ2) is 10.8. The van der Waals surface area contributed by atoms with Crippen LogP contribution in [0.2, 0.25) is 0 Å². The van der Waals surface area contributed by atoms with Crippen molar-refractivity contribution in [1.82, 2.24) is 14.8 Å². The summed E-state index contributed by atoms with van der Waals surface area (Å²) in [4.78, 5) is 28.7. The van der Waals surface area contributed by atoms with Crippen molar-refractivity contribution < 1.29 is 32.4 Å². The molecule has 37 heavy (non-hydrogen) atoms. The van der Waals surface area contributed by atoms with Crippen LogP contribution in [0.3, 0.4) is 0 Å². The fourth-order valence-electron chi connectivity index (χ4n) is 3.32. The summed E-state index contributed by atoms with van der Waals surface area (Å²) in [6.45, 7) is 0.196. The zero-order valence-electron chi connectivity index (χ0n) is 18.9. The average Bonchev–Trinajstić information content (AvgIpc) is 3.33. The first-order chi connectivity index (χ1) is 17.7. The second-order valence-electron chi connectivity index (χ2n) is 7.54. The van der Waals surface area contributed by atoms with Crippen LogP contribution in [-0.4, -0.2) is 38.7 Å². The molecule has 0 aliphatic rings. The number of nitrogens with zero attached hydrogens (tertiary/aromatic N) is 5. The number of non-ortho nitro benzene ring substituents is 1. The summed E-state index contributed by atoms with van der Waals surface area (Å²) < 4.78 is 47.4. The van der Waals surface area contributed by atoms with E-state index in [1.54, 1.807) is 0 Å². The normalized spacial score (nSPS) is 11.1. The summed E-state index contributed by atoms with van der Waals surface area (Å²) >= 11 is 0. The molecule has 0 N–H and O–H groups in total. The van der Waals surface area contributed by atoms with E-state index in [0.29, 0.717) is 17.8 Å². The summed E-state index contributed by atoms with van der Waals surface area (Å²) in [6.07, 6.45) is -3.94. The fourth-order valence-corrected chi connectivity index (χ4v) is 3.32. The molecule has 0 unspecified atom stereocenters. The third kappa shape index (κ3) is 6.81. The van der Waals surface area contributed by atoms with Crippen molar-refractivity contribution in [2.75, 3.05) is 11.4 Å². The number of carbonyl (C=O) groups excluding carboxylic acids is 1. The molecule has 3 aromatic carbocycles. The van der Waals surface area contributed by atoms with Gasteiger partial charge in [0.25, 0.3) is 5.69 Å². The maximum absolute atomic E-state index is 13.0. The molecule has 10 nitrogen and oxygen atoms in total. The Morgan fingerprint density at radius 2 is 1.68 bits per heavy atom. The quantitative estimate of drug-likeness (QED) is 0.231. The maximum Gasteiger partial charge on any atom is 0.573 e. The number of anilines is 1. The van der Waals surface area contributed by atoms with E-state index in [2.05, 4.69) is 14.8 Å². The molecular formula is C24H18F3N5O5. The Kier molecular flexibility index (Phi) is 7.32. The third-order valence-corrected chi connectivity index (χ3v) is 5.04. The van der Waals surface area contributed by atoms with Gasteiger partial charge in [0, 0.05) is 24.4 Å². The minimum absolute atomic E-state index is 0.132. The number of rotatable bonds is 8. The predicted molar refractivity (Wildman–Crippen MR) is 125 cm³/mol. The number of benzene rings is 3. The van der Waals surface area contributed by atoms with Crippen molar-refractivity contribution in [2.24, 2.45) is 0 Å². The number of amides is 1. The van der Waals surface area contributed by atoms with Gasteiger partial charge in [-0.1, -0.05) is 30.3 Å². The van der Waals surface area contributed by atoms with E-state index >= 15 is 0 Å². The van der Waals surface area contributed by atoms with Crippen molar-refractivity contribution in [2.45, 2.75) is 12.8 Å². The topological polar surface area (TPSA) is 113 Å². The maximum atomic E-state index is 13.0. The van der Waals surface area contributed by atoms with Gasteiger partial charge in [-0.05, 0) is 48.4 Å². The van der Waals surface area contributed by atoms with Crippen LogP contribution in [0.5, 0.6) is 11.8 Å². The molecule has 4 rings (SSSR count). The molecule has 0 saturated carbocycles. The lowest BCUT2D eigenvalue weighted by atomic mass is 10.1. The number of aromatic nitrogens is 3. The highest BCUT2D eigenvalue weighted by Crippen LogP contribution is 2.24. The molecule has 4 aromatic rings. The molecule has 0 aliphatic heterocycles. The average molecular weight is 513 g/mol. The summed E-state index contributed by atoms with van der Waals surface area (Å²) in [6, 6.07) is 19.4. The molecule has 0 aliphatic carbocycles. The lowest BCUT2D eigenvalue weighted by molar-refractivity contribution is -0.384. The number of ether oxygens (including phenoxy) is 2. The number of nitro benzene ring substituents is 1. The Labute approximate surface area is 207 Å². The molecule has 1 aromatic heterocycles. The Bertz CT molecular complexity index is 1360. The van der Waals surface area contributed by atoms with Crippen LogP contribution >= 0.6 is 0 Å². The van der Waals surface area contributed by atoms with Gasteiger partial charge < -0.3 is 9.47 Å². The summed E-state index contributed by atoms with van der Waals surface area (Å²) in [7, 11) is 0. The first-order valence-electron chi connectivity index (χ1n) is 10.7. The smallest absolute Gasteiger partial charge is 0.406 e. The molecule has 0 radical (unpaired) electrons. The molecule has 0 saturated heterocycles. The molecule has 0 atom stereocenters. The highest BCUT2D eigenvalue weighted by Gasteiger charge is 2.31. The van der Waals surface area contributed by atoms with Crippen molar-refractivity contribution >= 4 is 17.5 Å². The summed E-state index contributed by atoms with van der Waals surface area (Å²) in [5.41, 5.74) is 1.54. The van der Waals surface area contributed by atoms with Crippen molar-refractivity contribution in [3.63, 3.8) is 0 Å². The highest BCUT2D eigenvalue weighted by atomic mass is 19.4. The zero-order valence-corrected chi connectivity index (χ0v) is 18.9. The van der Waals surface area contributed by atoms with Gasteiger partial charge in [-0.2, -0.15) is 4.98 Å². The van der Waals surface area contributed by atoms with Crippen LogP contribution in [0.15, 0.2) is 85.2 Å². The van der Waals surface area contributed by atoms with Crippen LogP contribution in [-0.2, 0) is 6.42 Å². The Hall–Kier alpha value is -4.94. The molecule has 0 spiro atoms. The van der Waals surface area contributed by atoms with Crippen molar-refractivity contribution in [3.8, 4) is 17.4 Å². The van der Waals surface area contributed by atoms with Crippen molar-refractivity contribution in [3.05, 3.63) is 101 Å². The van der Waals surface area contributed by atoms with Gasteiger partial charge in [0.2, 0.25) is 0 Å². The molecule has 190 valence electrons. The van der Waals surface area contributed by atoms with Gasteiger partial charge in [0.15, 0.2) is 0 Å². The Balaban J connectivity index is 1.49. The van der Waals surface area contributed by atoms with Gasteiger partial charge >= 0.3 is 18.5 Å². The molecule has 0 fully saturated rings. The van der Waals surface area contributed by atoms with E-state index in [9.17, 15) is 28.1 Å². The van der Waals surface area contributed by atoms with Gasteiger partial charge in [-0.25, -0.2) is 9.48 Å². The van der Waals surface area contributed by atoms with Crippen LogP contribution in [0, 0.1) is 10.1 Å². The highest BCUT2D eigenvalue weighted by molar-refractivity contribution is 5.89. The first-order valence-corrected chi connectivity index (χ1v) is 10.7. The lowest BCUT2D eigenvalue weighted by Crippen LogP contribution is -2.35. The largest absolute Gasteiger partial charge is 0.573 e. The SMILES string of the molecule is O=C(Oc1ncn(-c2ccc(OC(F)(F)F)cc2)n1)N(CCc1ccccc1)c1ccc([N+](=O)[O-])cc1. The number of hydrogen-bond acceptors (Lipinski definition) is 7. The van der Waals surface area contributed by atoms with E-state index in [1.807, 2.05) is 30.3 Å².